The lowest BCUT2D eigenvalue weighted by Gasteiger charge is -2.20. The summed E-state index contributed by atoms with van der Waals surface area (Å²) in [6.07, 6.45) is 3.25. The highest BCUT2D eigenvalue weighted by Crippen LogP contribution is 2.26. The first kappa shape index (κ1) is 15.8. The van der Waals surface area contributed by atoms with Gasteiger partial charge >= 0.3 is 0 Å². The van der Waals surface area contributed by atoms with Gasteiger partial charge in [0.05, 0.1) is 13.2 Å². The Morgan fingerprint density at radius 1 is 1.04 bits per heavy atom. The number of aryl methyl sites for hydroxylation is 1. The van der Waals surface area contributed by atoms with Crippen LogP contribution in [-0.4, -0.2) is 16.7 Å². The lowest BCUT2D eigenvalue weighted by molar-refractivity contribution is 0.414. The monoisotopic (exact) mass is 321 g/mol. The Balaban J connectivity index is 2.02. The second kappa shape index (κ2) is 7.00. The summed E-state index contributed by atoms with van der Waals surface area (Å²) in [5.74, 6) is 1.11. The molecule has 0 saturated carbocycles. The third kappa shape index (κ3) is 3.30. The van der Waals surface area contributed by atoms with Crippen LogP contribution in [-0.2, 0) is 7.05 Å². The molecule has 0 aliphatic heterocycles. The van der Waals surface area contributed by atoms with Crippen LogP contribution in [0.25, 0.3) is 0 Å². The summed E-state index contributed by atoms with van der Waals surface area (Å²) in [4.78, 5) is 16.5. The standard InChI is InChI=1S/C19H19N3O2/c1-22-13-12-20-18(19(22)23)21-17(14-6-4-3-5-7-14)15-8-10-16(24-2)11-9-15/h3-13,17H,1-2H3,(H,20,21). The zero-order valence-electron chi connectivity index (χ0n) is 13.6. The average Bonchev–Trinajstić information content (AvgIpc) is 2.64. The van der Waals surface area contributed by atoms with E-state index < -0.39 is 0 Å². The van der Waals surface area contributed by atoms with Crippen molar-refractivity contribution in [1.82, 2.24) is 9.55 Å². The Labute approximate surface area is 140 Å². The van der Waals surface area contributed by atoms with Gasteiger partial charge in [-0.2, -0.15) is 0 Å². The molecule has 24 heavy (non-hydrogen) atoms. The number of nitrogens with one attached hydrogen (secondary N) is 1. The predicted octanol–water partition coefficient (Wildman–Crippen LogP) is 2.99. The maximum Gasteiger partial charge on any atom is 0.293 e. The lowest BCUT2D eigenvalue weighted by Crippen LogP contribution is -2.24. The van der Waals surface area contributed by atoms with Crippen molar-refractivity contribution in [3.8, 4) is 5.75 Å². The number of ether oxygens (including phenoxy) is 1. The molecule has 0 fully saturated rings. The first-order chi connectivity index (χ1) is 11.7. The quantitative estimate of drug-likeness (QED) is 0.785. The molecule has 1 aromatic heterocycles. The highest BCUT2D eigenvalue weighted by molar-refractivity contribution is 5.44. The van der Waals surface area contributed by atoms with Crippen molar-refractivity contribution >= 4 is 5.82 Å². The first-order valence-corrected chi connectivity index (χ1v) is 7.66. The molecule has 2 aromatic carbocycles. The van der Waals surface area contributed by atoms with E-state index in [9.17, 15) is 4.79 Å². The highest BCUT2D eigenvalue weighted by Gasteiger charge is 2.16. The maximum absolute atomic E-state index is 12.3. The van der Waals surface area contributed by atoms with Gasteiger partial charge in [0, 0.05) is 19.4 Å². The molecule has 1 heterocycles. The van der Waals surface area contributed by atoms with Crippen LogP contribution >= 0.6 is 0 Å². The molecule has 5 heteroatoms. The zero-order valence-corrected chi connectivity index (χ0v) is 13.6. The summed E-state index contributed by atoms with van der Waals surface area (Å²) in [7, 11) is 3.35. The number of nitrogens with zero attached hydrogens (tertiary/aromatic N) is 2. The molecule has 0 amide bonds. The Bertz CT molecular complexity index is 858. The summed E-state index contributed by atoms with van der Waals surface area (Å²) in [6, 6.07) is 17.6. The largest absolute Gasteiger partial charge is 0.497 e. The Hall–Kier alpha value is -3.08. The first-order valence-electron chi connectivity index (χ1n) is 7.66. The van der Waals surface area contributed by atoms with Crippen LogP contribution < -0.4 is 15.6 Å². The van der Waals surface area contributed by atoms with Crippen molar-refractivity contribution < 1.29 is 4.74 Å². The van der Waals surface area contributed by atoms with Gasteiger partial charge in [-0.1, -0.05) is 42.5 Å². The Morgan fingerprint density at radius 2 is 1.71 bits per heavy atom. The molecule has 0 bridgehead atoms. The molecule has 1 unspecified atom stereocenters. The number of benzene rings is 2. The van der Waals surface area contributed by atoms with Crippen LogP contribution in [0.5, 0.6) is 5.75 Å². The van der Waals surface area contributed by atoms with Crippen LogP contribution in [0.1, 0.15) is 17.2 Å². The van der Waals surface area contributed by atoms with Crippen molar-refractivity contribution in [2.75, 3.05) is 12.4 Å². The molecule has 3 aromatic rings. The minimum atomic E-state index is -0.181. The lowest BCUT2D eigenvalue weighted by atomic mass is 9.98. The maximum atomic E-state index is 12.3. The van der Waals surface area contributed by atoms with Crippen molar-refractivity contribution in [3.05, 3.63) is 88.5 Å². The summed E-state index contributed by atoms with van der Waals surface area (Å²) in [5.41, 5.74) is 1.91. The van der Waals surface area contributed by atoms with Gasteiger partial charge in [0.25, 0.3) is 5.56 Å². The van der Waals surface area contributed by atoms with Crippen molar-refractivity contribution in [1.29, 1.82) is 0 Å². The van der Waals surface area contributed by atoms with E-state index in [1.807, 2.05) is 54.6 Å². The zero-order chi connectivity index (χ0) is 16.9. The minimum absolute atomic E-state index is 0.160. The molecule has 0 spiro atoms. The predicted molar refractivity (Wildman–Crippen MR) is 94.4 cm³/mol. The Morgan fingerprint density at radius 3 is 2.38 bits per heavy atom. The molecule has 3 rings (SSSR count). The van der Waals surface area contributed by atoms with E-state index in [0.29, 0.717) is 5.82 Å². The van der Waals surface area contributed by atoms with Crippen LogP contribution in [0.15, 0.2) is 71.8 Å². The van der Waals surface area contributed by atoms with Gasteiger partial charge in [0.15, 0.2) is 5.82 Å². The number of hydrogen-bond acceptors (Lipinski definition) is 4. The van der Waals surface area contributed by atoms with Crippen LogP contribution in [0.3, 0.4) is 0 Å². The van der Waals surface area contributed by atoms with Crippen molar-refractivity contribution in [3.63, 3.8) is 0 Å². The van der Waals surface area contributed by atoms with Gasteiger partial charge in [-0.05, 0) is 23.3 Å². The van der Waals surface area contributed by atoms with Crippen LogP contribution in [0.2, 0.25) is 0 Å². The molecular formula is C19H19N3O2. The normalized spacial score (nSPS) is 11.8. The summed E-state index contributed by atoms with van der Waals surface area (Å²) >= 11 is 0. The summed E-state index contributed by atoms with van der Waals surface area (Å²) in [6.45, 7) is 0. The molecule has 0 aliphatic carbocycles. The van der Waals surface area contributed by atoms with Gasteiger partial charge in [0.1, 0.15) is 5.75 Å². The van der Waals surface area contributed by atoms with E-state index in [4.69, 9.17) is 4.74 Å². The van der Waals surface area contributed by atoms with E-state index in [2.05, 4.69) is 10.3 Å². The van der Waals surface area contributed by atoms with E-state index in [1.54, 1.807) is 26.6 Å². The third-order valence-electron chi connectivity index (χ3n) is 3.88. The topological polar surface area (TPSA) is 56.1 Å². The van der Waals surface area contributed by atoms with Gasteiger partial charge in [-0.25, -0.2) is 4.98 Å². The van der Waals surface area contributed by atoms with E-state index in [0.717, 1.165) is 16.9 Å². The fourth-order valence-electron chi connectivity index (χ4n) is 2.53. The van der Waals surface area contributed by atoms with Crippen molar-refractivity contribution in [2.45, 2.75) is 6.04 Å². The van der Waals surface area contributed by atoms with Gasteiger partial charge < -0.3 is 14.6 Å². The molecule has 0 radical (unpaired) electrons. The molecule has 122 valence electrons. The highest BCUT2D eigenvalue weighted by atomic mass is 16.5. The SMILES string of the molecule is COc1ccc(C(Nc2nccn(C)c2=O)c2ccccc2)cc1. The average molecular weight is 321 g/mol. The number of methoxy groups -OCH3 is 1. The summed E-state index contributed by atoms with van der Waals surface area (Å²) in [5, 5.41) is 3.27. The number of hydrogen-bond donors (Lipinski definition) is 1. The number of aromatic nitrogens is 2. The molecule has 1 atom stereocenters. The number of anilines is 1. The van der Waals surface area contributed by atoms with E-state index in [1.165, 1.54) is 4.57 Å². The molecule has 0 saturated heterocycles. The Kier molecular flexibility index (Phi) is 4.61. The van der Waals surface area contributed by atoms with Crippen LogP contribution in [0.4, 0.5) is 5.82 Å². The summed E-state index contributed by atoms with van der Waals surface area (Å²) < 4.78 is 6.73. The minimum Gasteiger partial charge on any atom is -0.497 e. The van der Waals surface area contributed by atoms with Crippen molar-refractivity contribution in [2.24, 2.45) is 7.05 Å². The van der Waals surface area contributed by atoms with E-state index in [-0.39, 0.29) is 11.6 Å². The fraction of sp³-hybridized carbons (Fsp3) is 0.158. The van der Waals surface area contributed by atoms with E-state index >= 15 is 0 Å². The third-order valence-corrected chi connectivity index (χ3v) is 3.88. The van der Waals surface area contributed by atoms with Crippen LogP contribution in [0, 0.1) is 0 Å². The second-order valence-corrected chi connectivity index (χ2v) is 5.45. The van der Waals surface area contributed by atoms with Gasteiger partial charge in [0.2, 0.25) is 0 Å². The number of rotatable bonds is 5. The van der Waals surface area contributed by atoms with Gasteiger partial charge in [-0.15, -0.1) is 0 Å². The smallest absolute Gasteiger partial charge is 0.293 e. The molecule has 5 nitrogen and oxygen atoms in total. The van der Waals surface area contributed by atoms with Gasteiger partial charge in [-0.3, -0.25) is 4.79 Å². The molecule has 1 N–H and O–H groups in total. The molecule has 0 aliphatic rings. The second-order valence-electron chi connectivity index (χ2n) is 5.45. The fourth-order valence-corrected chi connectivity index (χ4v) is 2.53. The molecular weight excluding hydrogens is 302 g/mol.